The minimum Gasteiger partial charge on any atom is -0.481 e. The largest absolute Gasteiger partial charge is 0.481 e. The molecule has 1 aliphatic heterocycles. The molecule has 1 fully saturated rings. The SMILES string of the molecule is C=CC1(CC(=O)O)CCCS(=O)(=O)C1. The highest BCUT2D eigenvalue weighted by molar-refractivity contribution is 7.91. The zero-order valence-electron chi connectivity index (χ0n) is 7.90. The fraction of sp³-hybridized carbons (Fsp3) is 0.667. The van der Waals surface area contributed by atoms with E-state index in [1.54, 1.807) is 0 Å². The predicted octanol–water partition coefficient (Wildman–Crippen LogP) is 0.842. The van der Waals surface area contributed by atoms with Crippen LogP contribution in [0.4, 0.5) is 0 Å². The zero-order valence-corrected chi connectivity index (χ0v) is 8.72. The van der Waals surface area contributed by atoms with E-state index in [-0.39, 0.29) is 17.9 Å². The summed E-state index contributed by atoms with van der Waals surface area (Å²) < 4.78 is 22.7. The molecule has 0 bridgehead atoms. The lowest BCUT2D eigenvalue weighted by atomic mass is 9.82. The second-order valence-corrected chi connectivity index (χ2v) is 6.02. The molecule has 0 amide bonds. The normalized spacial score (nSPS) is 30.9. The molecule has 0 saturated carbocycles. The minimum absolute atomic E-state index is 0.0736. The average molecular weight is 218 g/mol. The fourth-order valence-electron chi connectivity index (χ4n) is 1.90. The van der Waals surface area contributed by atoms with Gasteiger partial charge in [0.25, 0.3) is 0 Å². The van der Waals surface area contributed by atoms with Crippen molar-refractivity contribution in [3.8, 4) is 0 Å². The van der Waals surface area contributed by atoms with Gasteiger partial charge in [-0.25, -0.2) is 8.42 Å². The van der Waals surface area contributed by atoms with Crippen LogP contribution >= 0.6 is 0 Å². The summed E-state index contributed by atoms with van der Waals surface area (Å²) in [4.78, 5) is 10.6. The monoisotopic (exact) mass is 218 g/mol. The van der Waals surface area contributed by atoms with Crippen molar-refractivity contribution in [3.05, 3.63) is 12.7 Å². The summed E-state index contributed by atoms with van der Waals surface area (Å²) in [5, 5.41) is 8.69. The first-order valence-electron chi connectivity index (χ1n) is 4.45. The van der Waals surface area contributed by atoms with Crippen LogP contribution < -0.4 is 0 Å². The molecule has 0 aromatic rings. The molecule has 0 aromatic heterocycles. The van der Waals surface area contributed by atoms with Crippen LogP contribution in [-0.2, 0) is 14.6 Å². The third-order valence-electron chi connectivity index (χ3n) is 2.57. The number of sulfone groups is 1. The smallest absolute Gasteiger partial charge is 0.304 e. The first-order valence-corrected chi connectivity index (χ1v) is 6.27. The van der Waals surface area contributed by atoms with Crippen molar-refractivity contribution in [2.24, 2.45) is 5.41 Å². The van der Waals surface area contributed by atoms with Crippen molar-refractivity contribution >= 4 is 15.8 Å². The van der Waals surface area contributed by atoms with E-state index in [4.69, 9.17) is 5.11 Å². The summed E-state index contributed by atoms with van der Waals surface area (Å²) in [6.45, 7) is 3.55. The Hall–Kier alpha value is -0.840. The van der Waals surface area contributed by atoms with Crippen molar-refractivity contribution in [1.82, 2.24) is 0 Å². The zero-order chi connectivity index (χ0) is 10.8. The summed E-state index contributed by atoms with van der Waals surface area (Å²) in [6, 6.07) is 0. The maximum absolute atomic E-state index is 11.4. The molecule has 1 atom stereocenters. The number of carboxylic acids is 1. The van der Waals surface area contributed by atoms with Gasteiger partial charge in [-0.3, -0.25) is 4.79 Å². The van der Waals surface area contributed by atoms with Gasteiger partial charge in [-0.1, -0.05) is 6.08 Å². The Morgan fingerprint density at radius 3 is 2.64 bits per heavy atom. The highest BCUT2D eigenvalue weighted by Crippen LogP contribution is 2.35. The number of hydrogen-bond donors (Lipinski definition) is 1. The van der Waals surface area contributed by atoms with Gasteiger partial charge >= 0.3 is 5.97 Å². The molecule has 5 heteroatoms. The highest BCUT2D eigenvalue weighted by atomic mass is 32.2. The molecule has 1 aliphatic rings. The Balaban J connectivity index is 2.89. The van der Waals surface area contributed by atoms with Crippen LogP contribution in [0.25, 0.3) is 0 Å². The predicted molar refractivity (Wildman–Crippen MR) is 52.8 cm³/mol. The van der Waals surface area contributed by atoms with E-state index in [0.717, 1.165) is 0 Å². The molecule has 0 aliphatic carbocycles. The van der Waals surface area contributed by atoms with Crippen LogP contribution in [0.1, 0.15) is 19.3 Å². The first kappa shape index (κ1) is 11.2. The van der Waals surface area contributed by atoms with Crippen molar-refractivity contribution in [3.63, 3.8) is 0 Å². The summed E-state index contributed by atoms with van der Waals surface area (Å²) in [5.41, 5.74) is -0.747. The number of aliphatic carboxylic acids is 1. The van der Waals surface area contributed by atoms with Crippen LogP contribution in [-0.4, -0.2) is 31.0 Å². The van der Waals surface area contributed by atoms with Crippen molar-refractivity contribution in [2.75, 3.05) is 11.5 Å². The molecule has 0 aromatic carbocycles. The van der Waals surface area contributed by atoms with E-state index in [1.807, 2.05) is 0 Å². The maximum atomic E-state index is 11.4. The van der Waals surface area contributed by atoms with E-state index in [2.05, 4.69) is 6.58 Å². The van der Waals surface area contributed by atoms with Gasteiger partial charge in [0.05, 0.1) is 17.9 Å². The van der Waals surface area contributed by atoms with Gasteiger partial charge in [0, 0.05) is 5.41 Å². The van der Waals surface area contributed by atoms with Crippen LogP contribution in [0.5, 0.6) is 0 Å². The fourth-order valence-corrected chi connectivity index (χ4v) is 3.87. The summed E-state index contributed by atoms with van der Waals surface area (Å²) in [7, 11) is -3.08. The van der Waals surface area contributed by atoms with Gasteiger partial charge in [-0.15, -0.1) is 6.58 Å². The molecule has 1 N–H and O–H groups in total. The summed E-state index contributed by atoms with van der Waals surface area (Å²) >= 11 is 0. The van der Waals surface area contributed by atoms with E-state index < -0.39 is 21.2 Å². The standard InChI is InChI=1S/C9H14O4S/c1-2-9(6-8(10)11)4-3-5-14(12,13)7-9/h2H,1,3-7H2,(H,10,11). The van der Waals surface area contributed by atoms with Crippen LogP contribution in [0.15, 0.2) is 12.7 Å². The summed E-state index contributed by atoms with van der Waals surface area (Å²) in [6.07, 6.45) is 2.47. The lowest BCUT2D eigenvalue weighted by molar-refractivity contribution is -0.138. The molecule has 0 radical (unpaired) electrons. The first-order chi connectivity index (χ1) is 6.39. The van der Waals surface area contributed by atoms with Gasteiger partial charge < -0.3 is 5.11 Å². The van der Waals surface area contributed by atoms with Crippen molar-refractivity contribution < 1.29 is 18.3 Å². The van der Waals surface area contributed by atoms with Crippen molar-refractivity contribution in [2.45, 2.75) is 19.3 Å². The maximum Gasteiger partial charge on any atom is 0.304 e. The molecule has 14 heavy (non-hydrogen) atoms. The second kappa shape index (κ2) is 3.73. The lowest BCUT2D eigenvalue weighted by Crippen LogP contribution is -2.36. The molecule has 1 saturated heterocycles. The molecule has 1 rings (SSSR count). The average Bonchev–Trinajstić information content (AvgIpc) is 2.01. The second-order valence-electron chi connectivity index (χ2n) is 3.83. The van der Waals surface area contributed by atoms with E-state index in [0.29, 0.717) is 12.8 Å². The highest BCUT2D eigenvalue weighted by Gasteiger charge is 2.38. The van der Waals surface area contributed by atoms with Crippen LogP contribution in [0.2, 0.25) is 0 Å². The molecule has 80 valence electrons. The lowest BCUT2D eigenvalue weighted by Gasteiger charge is -2.32. The Labute approximate surface area is 83.5 Å². The number of hydrogen-bond acceptors (Lipinski definition) is 3. The van der Waals surface area contributed by atoms with E-state index in [9.17, 15) is 13.2 Å². The number of allylic oxidation sites excluding steroid dienone is 1. The van der Waals surface area contributed by atoms with Gasteiger partial charge in [0.15, 0.2) is 9.84 Å². The van der Waals surface area contributed by atoms with Gasteiger partial charge in [-0.2, -0.15) is 0 Å². The van der Waals surface area contributed by atoms with Crippen molar-refractivity contribution in [1.29, 1.82) is 0 Å². The molecular formula is C9H14O4S. The van der Waals surface area contributed by atoms with E-state index in [1.165, 1.54) is 6.08 Å². The molecule has 1 unspecified atom stereocenters. The van der Waals surface area contributed by atoms with E-state index >= 15 is 0 Å². The number of carboxylic acid groups (broad SMARTS) is 1. The minimum atomic E-state index is -3.08. The summed E-state index contributed by atoms with van der Waals surface area (Å²) in [5.74, 6) is -0.875. The van der Waals surface area contributed by atoms with Crippen LogP contribution in [0, 0.1) is 5.41 Å². The topological polar surface area (TPSA) is 71.4 Å². The molecule has 1 heterocycles. The third-order valence-corrected chi connectivity index (χ3v) is 4.50. The van der Waals surface area contributed by atoms with Crippen LogP contribution in [0.3, 0.4) is 0 Å². The number of rotatable bonds is 3. The molecular weight excluding hydrogens is 204 g/mol. The quantitative estimate of drug-likeness (QED) is 0.712. The Kier molecular flexibility index (Phi) is 2.99. The molecule has 0 spiro atoms. The van der Waals surface area contributed by atoms with Gasteiger partial charge in [0.2, 0.25) is 0 Å². The van der Waals surface area contributed by atoms with Gasteiger partial charge in [0.1, 0.15) is 0 Å². The Bertz CT molecular complexity index is 344. The Morgan fingerprint density at radius 2 is 2.21 bits per heavy atom. The Morgan fingerprint density at radius 1 is 1.57 bits per heavy atom. The third kappa shape index (κ3) is 2.57. The number of carbonyl (C=O) groups is 1. The molecule has 4 nitrogen and oxygen atoms in total. The van der Waals surface area contributed by atoms with Gasteiger partial charge in [-0.05, 0) is 12.8 Å².